The summed E-state index contributed by atoms with van der Waals surface area (Å²) >= 11 is 0. The number of nitrogens with two attached hydrogens (primary N) is 1. The van der Waals surface area contributed by atoms with Gasteiger partial charge in [0.05, 0.1) is 0 Å². The van der Waals surface area contributed by atoms with Gasteiger partial charge in [-0.25, -0.2) is 0 Å². The fourth-order valence-corrected chi connectivity index (χ4v) is 2.25. The molecule has 1 aliphatic carbocycles. The van der Waals surface area contributed by atoms with Crippen LogP contribution < -0.4 is 10.5 Å². The van der Waals surface area contributed by atoms with Gasteiger partial charge in [-0.1, -0.05) is 12.1 Å². The second-order valence-electron chi connectivity index (χ2n) is 4.48. The third kappa shape index (κ3) is 2.03. The van der Waals surface area contributed by atoms with E-state index < -0.39 is 5.60 Å². The lowest BCUT2D eigenvalue weighted by atomic mass is 10.0. The Morgan fingerprint density at radius 3 is 2.62 bits per heavy atom. The molecule has 0 radical (unpaired) electrons. The Hall–Kier alpha value is -1.51. The van der Waals surface area contributed by atoms with Crippen molar-refractivity contribution < 1.29 is 9.53 Å². The number of carbonyl (C=O) groups excluding carboxylic acids is 1. The molecule has 1 amide bonds. The summed E-state index contributed by atoms with van der Waals surface area (Å²) in [6.45, 7) is 2.00. The second kappa shape index (κ2) is 4.16. The number of hydrogen-bond acceptors (Lipinski definition) is 2. The minimum Gasteiger partial charge on any atom is -0.477 e. The van der Waals surface area contributed by atoms with E-state index in [0.717, 1.165) is 37.0 Å². The molecule has 0 atom stereocenters. The Bertz CT molecular complexity index is 395. The van der Waals surface area contributed by atoms with E-state index in [4.69, 9.17) is 10.5 Å². The summed E-state index contributed by atoms with van der Waals surface area (Å²) < 4.78 is 5.83. The molecule has 0 heterocycles. The van der Waals surface area contributed by atoms with Crippen molar-refractivity contribution in [2.24, 2.45) is 5.73 Å². The highest BCUT2D eigenvalue weighted by atomic mass is 16.5. The molecule has 1 aromatic rings. The number of aryl methyl sites for hydroxylation is 1. The minimum absolute atomic E-state index is 0.341. The first-order valence-electron chi connectivity index (χ1n) is 5.68. The molecule has 2 rings (SSSR count). The molecular weight excluding hydrogens is 202 g/mol. The van der Waals surface area contributed by atoms with Crippen molar-refractivity contribution in [3.63, 3.8) is 0 Å². The fraction of sp³-hybridized carbons (Fsp3) is 0.462. The van der Waals surface area contributed by atoms with E-state index >= 15 is 0 Å². The van der Waals surface area contributed by atoms with E-state index in [0.29, 0.717) is 0 Å². The van der Waals surface area contributed by atoms with Crippen molar-refractivity contribution in [3.05, 3.63) is 29.8 Å². The Morgan fingerprint density at radius 2 is 2.06 bits per heavy atom. The summed E-state index contributed by atoms with van der Waals surface area (Å²) in [5.41, 5.74) is 5.81. The first-order valence-corrected chi connectivity index (χ1v) is 5.68. The summed E-state index contributed by atoms with van der Waals surface area (Å²) in [6.07, 6.45) is 3.48. The number of primary amides is 1. The van der Waals surface area contributed by atoms with Gasteiger partial charge < -0.3 is 10.5 Å². The third-order valence-corrected chi connectivity index (χ3v) is 3.16. The van der Waals surface area contributed by atoms with Crippen molar-refractivity contribution in [3.8, 4) is 5.75 Å². The van der Waals surface area contributed by atoms with E-state index in [1.807, 2.05) is 31.2 Å². The quantitative estimate of drug-likeness (QED) is 0.847. The number of rotatable bonds is 3. The van der Waals surface area contributed by atoms with Crippen molar-refractivity contribution in [1.82, 2.24) is 0 Å². The van der Waals surface area contributed by atoms with Crippen molar-refractivity contribution in [2.75, 3.05) is 0 Å². The summed E-state index contributed by atoms with van der Waals surface area (Å²) in [5.74, 6) is 0.396. The minimum atomic E-state index is -0.770. The third-order valence-electron chi connectivity index (χ3n) is 3.16. The standard InChI is InChI=1S/C13H17NO2/c1-10-5-4-6-11(9-10)16-13(12(14)15)7-2-3-8-13/h4-6,9H,2-3,7-8H2,1H3,(H2,14,15). The zero-order valence-corrected chi connectivity index (χ0v) is 9.53. The maximum atomic E-state index is 11.5. The summed E-state index contributed by atoms with van der Waals surface area (Å²) in [4.78, 5) is 11.5. The molecular formula is C13H17NO2. The van der Waals surface area contributed by atoms with E-state index in [9.17, 15) is 4.79 Å². The monoisotopic (exact) mass is 219 g/mol. The maximum Gasteiger partial charge on any atom is 0.261 e. The molecule has 0 aliphatic heterocycles. The number of carbonyl (C=O) groups is 1. The number of amides is 1. The van der Waals surface area contributed by atoms with E-state index in [2.05, 4.69) is 0 Å². The van der Waals surface area contributed by atoms with Gasteiger partial charge >= 0.3 is 0 Å². The van der Waals surface area contributed by atoms with Crippen molar-refractivity contribution in [1.29, 1.82) is 0 Å². The Morgan fingerprint density at radius 1 is 1.38 bits per heavy atom. The molecule has 1 fully saturated rings. The lowest BCUT2D eigenvalue weighted by Gasteiger charge is -2.26. The average molecular weight is 219 g/mol. The highest BCUT2D eigenvalue weighted by Gasteiger charge is 2.41. The van der Waals surface area contributed by atoms with Crippen LogP contribution in [0.25, 0.3) is 0 Å². The van der Waals surface area contributed by atoms with Crippen molar-refractivity contribution >= 4 is 5.91 Å². The highest BCUT2D eigenvalue weighted by Crippen LogP contribution is 2.34. The van der Waals surface area contributed by atoms with Gasteiger partial charge in [0, 0.05) is 0 Å². The summed E-state index contributed by atoms with van der Waals surface area (Å²) in [6, 6.07) is 7.73. The molecule has 2 N–H and O–H groups in total. The largest absolute Gasteiger partial charge is 0.477 e. The summed E-state index contributed by atoms with van der Waals surface area (Å²) in [7, 11) is 0. The zero-order chi connectivity index (χ0) is 11.6. The van der Waals surface area contributed by atoms with Crippen molar-refractivity contribution in [2.45, 2.75) is 38.2 Å². The predicted octanol–water partition coefficient (Wildman–Crippen LogP) is 2.17. The lowest BCUT2D eigenvalue weighted by Crippen LogP contribution is -2.46. The molecule has 1 aliphatic rings. The molecule has 1 aromatic carbocycles. The van der Waals surface area contributed by atoms with Gasteiger partial charge in [0.15, 0.2) is 5.60 Å². The van der Waals surface area contributed by atoms with Crippen LogP contribution in [-0.2, 0) is 4.79 Å². The maximum absolute atomic E-state index is 11.5. The van der Waals surface area contributed by atoms with Gasteiger partial charge in [-0.2, -0.15) is 0 Å². The van der Waals surface area contributed by atoms with Crippen LogP contribution in [0.1, 0.15) is 31.2 Å². The Kier molecular flexibility index (Phi) is 2.86. The molecule has 3 nitrogen and oxygen atoms in total. The number of hydrogen-bond donors (Lipinski definition) is 1. The van der Waals surface area contributed by atoms with Gasteiger partial charge in [-0.05, 0) is 50.3 Å². The van der Waals surface area contributed by atoms with Crippen LogP contribution in [0.5, 0.6) is 5.75 Å². The molecule has 86 valence electrons. The predicted molar refractivity (Wildman–Crippen MR) is 62.2 cm³/mol. The molecule has 0 saturated heterocycles. The lowest BCUT2D eigenvalue weighted by molar-refractivity contribution is -0.132. The zero-order valence-electron chi connectivity index (χ0n) is 9.53. The fourth-order valence-electron chi connectivity index (χ4n) is 2.25. The summed E-state index contributed by atoms with van der Waals surface area (Å²) in [5, 5.41) is 0. The van der Waals surface area contributed by atoms with Gasteiger partial charge in [0.1, 0.15) is 5.75 Å². The molecule has 0 unspecified atom stereocenters. The van der Waals surface area contributed by atoms with Gasteiger partial charge in [0.2, 0.25) is 0 Å². The Labute approximate surface area is 95.6 Å². The van der Waals surface area contributed by atoms with E-state index in [1.165, 1.54) is 0 Å². The molecule has 0 aromatic heterocycles. The van der Waals surface area contributed by atoms with Gasteiger partial charge in [-0.3, -0.25) is 4.79 Å². The van der Waals surface area contributed by atoms with Crippen LogP contribution in [0.3, 0.4) is 0 Å². The number of benzene rings is 1. The van der Waals surface area contributed by atoms with E-state index in [-0.39, 0.29) is 5.91 Å². The molecule has 16 heavy (non-hydrogen) atoms. The topological polar surface area (TPSA) is 52.3 Å². The highest BCUT2D eigenvalue weighted by molar-refractivity contribution is 5.84. The molecule has 3 heteroatoms. The first-order chi connectivity index (χ1) is 7.62. The Balaban J connectivity index is 2.21. The van der Waals surface area contributed by atoms with Crippen LogP contribution in [0.4, 0.5) is 0 Å². The van der Waals surface area contributed by atoms with Crippen LogP contribution in [0, 0.1) is 6.92 Å². The van der Waals surface area contributed by atoms with E-state index in [1.54, 1.807) is 0 Å². The van der Waals surface area contributed by atoms with Gasteiger partial charge in [-0.15, -0.1) is 0 Å². The van der Waals surface area contributed by atoms with Crippen LogP contribution in [0.2, 0.25) is 0 Å². The average Bonchev–Trinajstić information content (AvgIpc) is 2.67. The molecule has 1 saturated carbocycles. The first kappa shape index (κ1) is 11.0. The van der Waals surface area contributed by atoms with Gasteiger partial charge in [0.25, 0.3) is 5.91 Å². The van der Waals surface area contributed by atoms with Crippen LogP contribution in [-0.4, -0.2) is 11.5 Å². The molecule has 0 bridgehead atoms. The smallest absolute Gasteiger partial charge is 0.261 e. The van der Waals surface area contributed by atoms with Crippen LogP contribution in [0.15, 0.2) is 24.3 Å². The van der Waals surface area contributed by atoms with Crippen LogP contribution >= 0.6 is 0 Å². The second-order valence-corrected chi connectivity index (χ2v) is 4.48. The number of ether oxygens (including phenoxy) is 1. The molecule has 0 spiro atoms. The SMILES string of the molecule is Cc1cccc(OC2(C(N)=O)CCCC2)c1. The normalized spacial score (nSPS) is 18.3.